The summed E-state index contributed by atoms with van der Waals surface area (Å²) in [5.74, 6) is 1.01. The molecule has 0 fully saturated rings. The Balaban J connectivity index is 2.05. The second-order valence-corrected chi connectivity index (χ2v) is 10.1. The van der Waals surface area contributed by atoms with Gasteiger partial charge in [0.05, 0.1) is 19.8 Å². The van der Waals surface area contributed by atoms with Crippen LogP contribution in [0.1, 0.15) is 117 Å². The minimum absolute atomic E-state index is 0.732. The van der Waals surface area contributed by atoms with Crippen molar-refractivity contribution in [3.8, 4) is 0 Å². The summed E-state index contributed by atoms with van der Waals surface area (Å²) in [7, 11) is -1.29. The van der Waals surface area contributed by atoms with E-state index in [1.165, 1.54) is 89.9 Å². The van der Waals surface area contributed by atoms with Crippen LogP contribution in [0.25, 0.3) is 0 Å². The minimum atomic E-state index is -1.29. The minimum Gasteiger partial charge on any atom is -0.402 e. The topological polar surface area (TPSA) is 40.0 Å². The van der Waals surface area contributed by atoms with Gasteiger partial charge in [-0.2, -0.15) is 0 Å². The summed E-state index contributed by atoms with van der Waals surface area (Å²) < 4.78 is 17.8. The van der Waals surface area contributed by atoms with Crippen LogP contribution in [0, 0.1) is 0 Å². The van der Waals surface area contributed by atoms with E-state index in [9.17, 15) is 0 Å². The van der Waals surface area contributed by atoms with Crippen LogP contribution >= 0.6 is 20.4 Å². The number of hydrogen-bond acceptors (Lipinski definition) is 5. The molecule has 0 saturated carbocycles. The molecule has 1 aliphatic heterocycles. The molecule has 0 atom stereocenters. The molecule has 0 aromatic rings. The Morgan fingerprint density at radius 2 is 1.14 bits per heavy atom. The normalized spacial score (nSPS) is 14.0. The summed E-state index contributed by atoms with van der Waals surface area (Å²) in [5, 5.41) is 0.753. The van der Waals surface area contributed by atoms with Gasteiger partial charge in [0.2, 0.25) is 0 Å². The highest BCUT2D eigenvalue weighted by molar-refractivity contribution is 8.14. The van der Waals surface area contributed by atoms with Crippen molar-refractivity contribution >= 4 is 25.6 Å². The van der Waals surface area contributed by atoms with E-state index in [2.05, 4.69) is 18.8 Å². The molecule has 1 aliphatic rings. The van der Waals surface area contributed by atoms with E-state index in [1.54, 1.807) is 11.8 Å². The van der Waals surface area contributed by atoms with Crippen molar-refractivity contribution in [2.75, 3.05) is 25.5 Å². The summed E-state index contributed by atoms with van der Waals surface area (Å²) in [4.78, 5) is 4.38. The van der Waals surface area contributed by atoms with Crippen molar-refractivity contribution in [1.29, 1.82) is 0 Å². The maximum atomic E-state index is 5.95. The van der Waals surface area contributed by atoms with Crippen molar-refractivity contribution < 1.29 is 13.6 Å². The van der Waals surface area contributed by atoms with E-state index in [-0.39, 0.29) is 0 Å². The van der Waals surface area contributed by atoms with Crippen LogP contribution in [-0.4, -0.2) is 30.7 Å². The van der Waals surface area contributed by atoms with E-state index in [0.717, 1.165) is 43.6 Å². The molecule has 0 N–H and O–H groups in total. The molecule has 0 aliphatic carbocycles. The molecule has 0 spiro atoms. The smallest absolute Gasteiger partial charge is 0.398 e. The number of rotatable bonds is 21. The van der Waals surface area contributed by atoms with E-state index in [0.29, 0.717) is 0 Å². The quantitative estimate of drug-likeness (QED) is 0.130. The average molecular weight is 448 g/mol. The van der Waals surface area contributed by atoms with Crippen LogP contribution in [0.2, 0.25) is 0 Å². The third-order valence-electron chi connectivity index (χ3n) is 5.10. The Hall–Kier alpha value is 0.170. The first kappa shape index (κ1) is 27.2. The van der Waals surface area contributed by atoms with Gasteiger partial charge >= 0.3 is 8.60 Å². The first-order chi connectivity index (χ1) is 14.4. The first-order valence-corrected chi connectivity index (χ1v) is 14.4. The van der Waals surface area contributed by atoms with Crippen molar-refractivity contribution in [2.24, 2.45) is 4.99 Å². The summed E-state index contributed by atoms with van der Waals surface area (Å²) in [6.45, 7) is 6.85. The first-order valence-electron chi connectivity index (χ1n) is 12.3. The van der Waals surface area contributed by atoms with Crippen LogP contribution in [0.5, 0.6) is 0 Å². The number of aliphatic imine (C=N–C) groups is 1. The van der Waals surface area contributed by atoms with E-state index >= 15 is 0 Å². The lowest BCUT2D eigenvalue weighted by Gasteiger charge is -2.16. The molecule has 1 heterocycles. The number of nitrogens with zero attached hydrogens (tertiary/aromatic N) is 1. The zero-order chi connectivity index (χ0) is 20.8. The second kappa shape index (κ2) is 21.4. The summed E-state index contributed by atoms with van der Waals surface area (Å²) in [6, 6.07) is 0. The van der Waals surface area contributed by atoms with Gasteiger partial charge in [-0.25, -0.2) is 4.99 Å². The molecule has 172 valence electrons. The molecule has 0 unspecified atom stereocenters. The SMILES string of the molecule is CCCCCCCCCCOP(OCCCCCCCCCC)OC1=NCCS1. The van der Waals surface area contributed by atoms with Crippen molar-refractivity contribution in [3.63, 3.8) is 0 Å². The van der Waals surface area contributed by atoms with E-state index in [4.69, 9.17) is 13.6 Å². The van der Waals surface area contributed by atoms with Gasteiger partial charge in [-0.3, -0.25) is 0 Å². The highest BCUT2D eigenvalue weighted by atomic mass is 32.2. The van der Waals surface area contributed by atoms with Gasteiger partial charge < -0.3 is 13.6 Å². The molecule has 6 heteroatoms. The van der Waals surface area contributed by atoms with Gasteiger partial charge in [0, 0.05) is 5.75 Å². The van der Waals surface area contributed by atoms with Crippen molar-refractivity contribution in [2.45, 2.75) is 117 Å². The fourth-order valence-corrected chi connectivity index (χ4v) is 5.13. The molecular formula is C23H46NO3PS. The molecule has 0 saturated heterocycles. The second-order valence-electron chi connectivity index (χ2n) is 7.93. The monoisotopic (exact) mass is 447 g/mol. The predicted molar refractivity (Wildman–Crippen MR) is 130 cm³/mol. The van der Waals surface area contributed by atoms with Crippen LogP contribution in [-0.2, 0) is 13.6 Å². The van der Waals surface area contributed by atoms with Crippen LogP contribution in [0.4, 0.5) is 0 Å². The average Bonchev–Trinajstić information content (AvgIpc) is 3.24. The lowest BCUT2D eigenvalue weighted by atomic mass is 10.1. The Bertz CT molecular complexity index is 363. The highest BCUT2D eigenvalue weighted by Gasteiger charge is 2.19. The fourth-order valence-electron chi connectivity index (χ4n) is 3.27. The van der Waals surface area contributed by atoms with E-state index in [1.807, 2.05) is 0 Å². The lowest BCUT2D eigenvalue weighted by Crippen LogP contribution is -2.02. The molecule has 0 aromatic carbocycles. The number of unbranched alkanes of at least 4 members (excludes halogenated alkanes) is 14. The molecule has 29 heavy (non-hydrogen) atoms. The zero-order valence-corrected chi connectivity index (χ0v) is 20.9. The largest absolute Gasteiger partial charge is 0.402 e. The van der Waals surface area contributed by atoms with E-state index < -0.39 is 8.60 Å². The zero-order valence-electron chi connectivity index (χ0n) is 19.2. The molecule has 0 amide bonds. The Labute approximate surface area is 186 Å². The van der Waals surface area contributed by atoms with Gasteiger partial charge in [-0.1, -0.05) is 116 Å². The molecule has 0 radical (unpaired) electrons. The third kappa shape index (κ3) is 17.5. The number of hydrogen-bond donors (Lipinski definition) is 0. The molecule has 0 aromatic heterocycles. The fraction of sp³-hybridized carbons (Fsp3) is 0.957. The van der Waals surface area contributed by atoms with Gasteiger partial charge in [0.1, 0.15) is 0 Å². The van der Waals surface area contributed by atoms with Gasteiger partial charge in [0.15, 0.2) is 0 Å². The van der Waals surface area contributed by atoms with Crippen LogP contribution in [0.3, 0.4) is 0 Å². The lowest BCUT2D eigenvalue weighted by molar-refractivity contribution is 0.197. The number of thioether (sulfide) groups is 1. The van der Waals surface area contributed by atoms with Crippen molar-refractivity contribution in [3.05, 3.63) is 0 Å². The Morgan fingerprint density at radius 3 is 1.55 bits per heavy atom. The highest BCUT2D eigenvalue weighted by Crippen LogP contribution is 2.42. The maximum absolute atomic E-state index is 5.95. The summed E-state index contributed by atoms with van der Waals surface area (Å²) in [5.41, 5.74) is 0. The van der Waals surface area contributed by atoms with Crippen molar-refractivity contribution in [1.82, 2.24) is 0 Å². The summed E-state index contributed by atoms with van der Waals surface area (Å²) in [6.07, 6.45) is 20.9. The Kier molecular flexibility index (Phi) is 20.1. The molecule has 1 rings (SSSR count). The molecule has 0 bridgehead atoms. The van der Waals surface area contributed by atoms with Gasteiger partial charge in [0.25, 0.3) is 5.23 Å². The van der Waals surface area contributed by atoms with Gasteiger partial charge in [-0.05, 0) is 12.8 Å². The standard InChI is InChI=1S/C23H46NO3PS/c1-3-5-7-9-11-13-15-17-20-25-28(27-23-24-19-22-29-23)26-21-18-16-14-12-10-8-6-4-2/h3-22H2,1-2H3. The third-order valence-corrected chi connectivity index (χ3v) is 7.18. The molecule has 4 nitrogen and oxygen atoms in total. The maximum Gasteiger partial charge on any atom is 0.398 e. The predicted octanol–water partition coefficient (Wildman–Crippen LogP) is 8.65. The van der Waals surface area contributed by atoms with Crippen LogP contribution in [0.15, 0.2) is 4.99 Å². The summed E-state index contributed by atoms with van der Waals surface area (Å²) >= 11 is 1.67. The van der Waals surface area contributed by atoms with Gasteiger partial charge in [-0.15, -0.1) is 0 Å². The Morgan fingerprint density at radius 1 is 0.690 bits per heavy atom. The molecular weight excluding hydrogens is 401 g/mol. The van der Waals surface area contributed by atoms with Crippen LogP contribution < -0.4 is 0 Å².